The monoisotopic (exact) mass is 500 g/mol. The average Bonchev–Trinajstić information content (AvgIpc) is 3.11. The van der Waals surface area contributed by atoms with Crippen LogP contribution in [-0.4, -0.2) is 45.9 Å². The zero-order chi connectivity index (χ0) is 24.6. The van der Waals surface area contributed by atoms with Crippen LogP contribution in [0.1, 0.15) is 41.3 Å². The van der Waals surface area contributed by atoms with E-state index in [1.165, 1.54) is 34.8 Å². The van der Waals surface area contributed by atoms with Gasteiger partial charge in [-0.1, -0.05) is 49.7 Å². The Morgan fingerprint density at radius 1 is 1.24 bits per heavy atom. The van der Waals surface area contributed by atoms with Crippen LogP contribution in [0.4, 0.5) is 10.8 Å². The zero-order valence-electron chi connectivity index (χ0n) is 19.3. The number of pyridine rings is 1. The summed E-state index contributed by atoms with van der Waals surface area (Å²) in [6.07, 6.45) is 1.38. The molecular weight excluding hydrogens is 476 g/mol. The number of aromatic nitrogens is 3. The van der Waals surface area contributed by atoms with Crippen LogP contribution in [0.15, 0.2) is 41.3 Å². The second-order valence-electron chi connectivity index (χ2n) is 8.53. The van der Waals surface area contributed by atoms with E-state index in [1.54, 1.807) is 7.05 Å². The largest absolute Gasteiger partial charge is 0.359 e. The highest BCUT2D eigenvalue weighted by atomic mass is 35.5. The Bertz CT molecular complexity index is 1310. The van der Waals surface area contributed by atoms with Gasteiger partial charge in [0, 0.05) is 27.2 Å². The summed E-state index contributed by atoms with van der Waals surface area (Å²) in [6.45, 7) is 4.84. The summed E-state index contributed by atoms with van der Waals surface area (Å²) in [7, 11) is 3.16. The quantitative estimate of drug-likeness (QED) is 0.504. The molecule has 0 aliphatic carbocycles. The molecule has 1 fully saturated rings. The van der Waals surface area contributed by atoms with Gasteiger partial charge in [0.2, 0.25) is 11.0 Å². The maximum absolute atomic E-state index is 13.9. The molecule has 0 atom stereocenters. The van der Waals surface area contributed by atoms with Crippen LogP contribution < -0.4 is 21.2 Å². The van der Waals surface area contributed by atoms with Crippen molar-refractivity contribution in [3.63, 3.8) is 0 Å². The Labute approximate surface area is 205 Å². The van der Waals surface area contributed by atoms with Gasteiger partial charge in [-0.05, 0) is 34.6 Å². The standard InChI is InChI=1S/C23H25ClN6O3S/c1-13(2)14-7-5-6-8-16(14)23(11-30(12-23)22-28-21(33)29(4)34-22)20(32)27-17-10-26-18(24)9-15(17)19(31)25-3/h5-10,13H,11-12H2,1-4H3,(H,25,31)(H,27,32). The minimum atomic E-state index is -0.909. The number of halogens is 1. The topological polar surface area (TPSA) is 109 Å². The molecule has 0 unspecified atom stereocenters. The fraction of sp³-hybridized carbons (Fsp3) is 0.348. The molecule has 0 saturated carbocycles. The van der Waals surface area contributed by atoms with E-state index in [0.29, 0.717) is 18.2 Å². The Kier molecular flexibility index (Phi) is 6.46. The van der Waals surface area contributed by atoms with Crippen molar-refractivity contribution in [2.45, 2.75) is 25.2 Å². The van der Waals surface area contributed by atoms with E-state index in [4.69, 9.17) is 11.6 Å². The number of hydrogen-bond donors (Lipinski definition) is 2. The molecule has 1 aliphatic heterocycles. The molecule has 0 spiro atoms. The Balaban J connectivity index is 1.74. The maximum atomic E-state index is 13.9. The number of rotatable bonds is 6. The van der Waals surface area contributed by atoms with Crippen LogP contribution in [0.3, 0.4) is 0 Å². The molecule has 0 radical (unpaired) electrons. The second kappa shape index (κ2) is 9.19. The van der Waals surface area contributed by atoms with Crippen LogP contribution in [0.5, 0.6) is 0 Å². The van der Waals surface area contributed by atoms with E-state index < -0.39 is 5.41 Å². The Morgan fingerprint density at radius 3 is 2.56 bits per heavy atom. The van der Waals surface area contributed by atoms with Crippen molar-refractivity contribution in [1.29, 1.82) is 0 Å². The van der Waals surface area contributed by atoms with E-state index in [-0.39, 0.29) is 39.8 Å². The van der Waals surface area contributed by atoms with E-state index in [2.05, 4.69) is 34.4 Å². The van der Waals surface area contributed by atoms with Crippen LogP contribution in [0.25, 0.3) is 0 Å². The number of aryl methyl sites for hydroxylation is 1. The van der Waals surface area contributed by atoms with Crippen molar-refractivity contribution >= 4 is 45.8 Å². The predicted octanol–water partition coefficient (Wildman–Crippen LogP) is 2.77. The summed E-state index contributed by atoms with van der Waals surface area (Å²) in [5.74, 6) is -0.460. The summed E-state index contributed by atoms with van der Waals surface area (Å²) in [6, 6.07) is 9.28. The molecule has 9 nitrogen and oxygen atoms in total. The molecule has 1 aliphatic rings. The van der Waals surface area contributed by atoms with Gasteiger partial charge in [-0.3, -0.25) is 9.59 Å². The number of nitrogens with one attached hydrogen (secondary N) is 2. The van der Waals surface area contributed by atoms with E-state index in [9.17, 15) is 14.4 Å². The first-order valence-electron chi connectivity index (χ1n) is 10.7. The fourth-order valence-electron chi connectivity index (χ4n) is 4.17. The van der Waals surface area contributed by atoms with Crippen molar-refractivity contribution in [3.05, 3.63) is 68.9 Å². The van der Waals surface area contributed by atoms with Crippen LogP contribution in [0.2, 0.25) is 5.15 Å². The van der Waals surface area contributed by atoms with Crippen molar-refractivity contribution in [3.8, 4) is 0 Å². The number of carbonyl (C=O) groups is 2. The normalized spacial score (nSPS) is 14.6. The molecule has 2 amide bonds. The van der Waals surface area contributed by atoms with Crippen LogP contribution >= 0.6 is 23.1 Å². The van der Waals surface area contributed by atoms with Gasteiger partial charge in [-0.15, -0.1) is 0 Å². The highest BCUT2D eigenvalue weighted by molar-refractivity contribution is 7.10. The first-order chi connectivity index (χ1) is 16.2. The van der Waals surface area contributed by atoms with Crippen LogP contribution in [0, 0.1) is 0 Å². The third-order valence-electron chi connectivity index (χ3n) is 5.99. The first kappa shape index (κ1) is 23.9. The summed E-state index contributed by atoms with van der Waals surface area (Å²) in [5, 5.41) is 6.19. The number of hydrogen-bond acceptors (Lipinski definition) is 7. The average molecular weight is 501 g/mol. The molecule has 178 valence electrons. The van der Waals surface area contributed by atoms with Gasteiger partial charge in [0.05, 0.1) is 17.4 Å². The van der Waals surface area contributed by atoms with Gasteiger partial charge in [0.25, 0.3) is 5.91 Å². The Hall–Kier alpha value is -3.24. The van der Waals surface area contributed by atoms with Gasteiger partial charge in [-0.2, -0.15) is 4.98 Å². The number of carbonyl (C=O) groups excluding carboxylic acids is 2. The third-order valence-corrected chi connectivity index (χ3v) is 7.14. The van der Waals surface area contributed by atoms with Crippen molar-refractivity contribution in [1.82, 2.24) is 19.2 Å². The second-order valence-corrected chi connectivity index (χ2v) is 10.0. The number of benzene rings is 1. The van der Waals surface area contributed by atoms with E-state index >= 15 is 0 Å². The maximum Gasteiger partial charge on any atom is 0.359 e. The molecule has 0 bridgehead atoms. The van der Waals surface area contributed by atoms with Crippen molar-refractivity contribution in [2.75, 3.05) is 30.4 Å². The summed E-state index contributed by atoms with van der Waals surface area (Å²) in [4.78, 5) is 48.2. The van der Waals surface area contributed by atoms with Gasteiger partial charge in [-0.25, -0.2) is 13.7 Å². The molecule has 1 aromatic carbocycles. The number of anilines is 2. The smallest absolute Gasteiger partial charge is 0.355 e. The first-order valence-corrected chi connectivity index (χ1v) is 11.9. The third kappa shape index (κ3) is 4.19. The Morgan fingerprint density at radius 2 is 1.94 bits per heavy atom. The summed E-state index contributed by atoms with van der Waals surface area (Å²) in [5.41, 5.74) is 1.23. The van der Waals surface area contributed by atoms with E-state index in [1.807, 2.05) is 29.2 Å². The molecule has 1 saturated heterocycles. The zero-order valence-corrected chi connectivity index (χ0v) is 20.8. The van der Waals surface area contributed by atoms with Gasteiger partial charge >= 0.3 is 5.69 Å². The molecular formula is C23H25ClN6O3S. The molecule has 2 N–H and O–H groups in total. The lowest BCUT2D eigenvalue weighted by atomic mass is 9.70. The van der Waals surface area contributed by atoms with Crippen LogP contribution in [-0.2, 0) is 17.3 Å². The predicted molar refractivity (Wildman–Crippen MR) is 133 cm³/mol. The molecule has 3 heterocycles. The molecule has 4 rings (SSSR count). The number of nitrogens with zero attached hydrogens (tertiary/aromatic N) is 4. The van der Waals surface area contributed by atoms with Gasteiger partial charge in [0.15, 0.2) is 0 Å². The lowest BCUT2D eigenvalue weighted by Gasteiger charge is -2.49. The molecule has 11 heteroatoms. The van der Waals surface area contributed by atoms with Crippen molar-refractivity contribution < 1.29 is 9.59 Å². The number of amides is 2. The highest BCUT2D eigenvalue weighted by Crippen LogP contribution is 2.42. The molecule has 3 aromatic rings. The van der Waals surface area contributed by atoms with Gasteiger partial charge < -0.3 is 15.5 Å². The summed E-state index contributed by atoms with van der Waals surface area (Å²) < 4.78 is 1.45. The molecule has 34 heavy (non-hydrogen) atoms. The fourth-order valence-corrected chi connectivity index (χ4v) is 5.05. The minimum absolute atomic E-state index is 0.149. The lowest BCUT2D eigenvalue weighted by Crippen LogP contribution is -2.65. The molecule has 2 aromatic heterocycles. The minimum Gasteiger partial charge on any atom is -0.355 e. The highest BCUT2D eigenvalue weighted by Gasteiger charge is 2.53. The van der Waals surface area contributed by atoms with E-state index in [0.717, 1.165) is 11.1 Å². The van der Waals surface area contributed by atoms with Crippen molar-refractivity contribution in [2.24, 2.45) is 7.05 Å². The summed E-state index contributed by atoms with van der Waals surface area (Å²) >= 11 is 7.23. The lowest BCUT2D eigenvalue weighted by molar-refractivity contribution is -0.122. The van der Waals surface area contributed by atoms with Gasteiger partial charge in [0.1, 0.15) is 10.6 Å². The SMILES string of the molecule is CNC(=O)c1cc(Cl)ncc1NC(=O)C1(c2ccccc2C(C)C)CN(c2nc(=O)n(C)s2)C1.